The van der Waals surface area contributed by atoms with Crippen molar-refractivity contribution < 1.29 is 14.9 Å². The Morgan fingerprint density at radius 1 is 1.08 bits per heavy atom. The summed E-state index contributed by atoms with van der Waals surface area (Å²) in [6, 6.07) is 16.9. The Kier molecular flexibility index (Phi) is 5.70. The molecule has 1 heterocycles. The van der Waals surface area contributed by atoms with E-state index in [9.17, 15) is 10.2 Å². The molecule has 2 N–H and O–H groups in total. The summed E-state index contributed by atoms with van der Waals surface area (Å²) in [6.07, 6.45) is 1.70. The minimum atomic E-state index is -1.91. The van der Waals surface area contributed by atoms with E-state index in [1.54, 1.807) is 0 Å². The van der Waals surface area contributed by atoms with Gasteiger partial charge in [0.2, 0.25) is 5.79 Å². The van der Waals surface area contributed by atoms with Crippen LogP contribution >= 0.6 is 11.6 Å². The molecule has 4 nitrogen and oxygen atoms in total. The number of halogens is 1. The predicted molar refractivity (Wildman–Crippen MR) is 103 cm³/mol. The molecule has 0 radical (unpaired) electrons. The molecule has 1 unspecified atom stereocenters. The van der Waals surface area contributed by atoms with E-state index >= 15 is 0 Å². The molecule has 0 aliphatic carbocycles. The first-order chi connectivity index (χ1) is 12.3. The average molecular weight is 376 g/mol. The van der Waals surface area contributed by atoms with Gasteiger partial charge in [0.15, 0.2) is 0 Å². The Morgan fingerprint density at radius 2 is 1.69 bits per heavy atom. The van der Waals surface area contributed by atoms with Crippen LogP contribution in [0.4, 0.5) is 0 Å². The third-order valence-electron chi connectivity index (χ3n) is 5.35. The normalized spacial score (nSPS) is 20.9. The zero-order valence-electron chi connectivity index (χ0n) is 15.2. The Hall–Kier alpha value is -1.43. The van der Waals surface area contributed by atoms with Gasteiger partial charge in [-0.05, 0) is 56.6 Å². The maximum Gasteiger partial charge on any atom is 0.202 e. The van der Waals surface area contributed by atoms with E-state index in [1.807, 2.05) is 73.5 Å². The van der Waals surface area contributed by atoms with Gasteiger partial charge in [0.1, 0.15) is 12.2 Å². The molecule has 1 aliphatic rings. The molecule has 0 saturated carbocycles. The molecular weight excluding hydrogens is 350 g/mol. The molecule has 1 fully saturated rings. The van der Waals surface area contributed by atoms with Crippen molar-refractivity contribution >= 4 is 11.6 Å². The van der Waals surface area contributed by atoms with E-state index in [0.717, 1.165) is 30.5 Å². The predicted octanol–water partition coefficient (Wildman–Crippen LogP) is 3.40. The van der Waals surface area contributed by atoms with Crippen LogP contribution in [0.25, 0.3) is 0 Å². The third-order valence-corrected chi connectivity index (χ3v) is 5.60. The van der Waals surface area contributed by atoms with Crippen LogP contribution in [0.3, 0.4) is 0 Å². The number of likely N-dealkylation sites (tertiary alicyclic amines) is 1. The first-order valence-electron chi connectivity index (χ1n) is 8.93. The molecule has 1 saturated heterocycles. The highest BCUT2D eigenvalue weighted by atomic mass is 35.5. The molecule has 2 atom stereocenters. The monoisotopic (exact) mass is 375 g/mol. The number of ether oxygens (including phenoxy) is 1. The molecule has 140 valence electrons. The summed E-state index contributed by atoms with van der Waals surface area (Å²) in [7, 11) is 1.91. The summed E-state index contributed by atoms with van der Waals surface area (Å²) in [6.45, 7) is 2.62. The minimum absolute atomic E-state index is 0.184. The number of hydrogen-bond donors (Lipinski definition) is 2. The third kappa shape index (κ3) is 3.95. The van der Waals surface area contributed by atoms with Crippen LogP contribution in [0.2, 0.25) is 5.02 Å². The molecule has 1 aliphatic heterocycles. The van der Waals surface area contributed by atoms with Crippen molar-refractivity contribution in [2.45, 2.75) is 37.2 Å². The van der Waals surface area contributed by atoms with Gasteiger partial charge in [-0.25, -0.2) is 0 Å². The molecule has 0 bridgehead atoms. The second-order valence-electron chi connectivity index (χ2n) is 7.21. The van der Waals surface area contributed by atoms with Gasteiger partial charge in [0, 0.05) is 5.02 Å². The van der Waals surface area contributed by atoms with Crippen molar-refractivity contribution in [2.24, 2.45) is 0 Å². The lowest BCUT2D eigenvalue weighted by molar-refractivity contribution is -0.243. The van der Waals surface area contributed by atoms with Crippen molar-refractivity contribution in [3.05, 3.63) is 70.7 Å². The van der Waals surface area contributed by atoms with Crippen LogP contribution in [0.15, 0.2) is 54.6 Å². The lowest BCUT2D eigenvalue weighted by atomic mass is 9.87. The van der Waals surface area contributed by atoms with Crippen molar-refractivity contribution in [1.82, 2.24) is 4.90 Å². The lowest BCUT2D eigenvalue weighted by Crippen LogP contribution is -2.52. The zero-order valence-corrected chi connectivity index (χ0v) is 16.0. The van der Waals surface area contributed by atoms with E-state index < -0.39 is 11.4 Å². The summed E-state index contributed by atoms with van der Waals surface area (Å²) < 4.78 is 6.20. The van der Waals surface area contributed by atoms with Gasteiger partial charge >= 0.3 is 0 Å². The van der Waals surface area contributed by atoms with E-state index in [1.165, 1.54) is 0 Å². The highest BCUT2D eigenvalue weighted by Crippen LogP contribution is 2.35. The number of nitrogens with zero attached hydrogens (tertiary/aromatic N) is 1. The van der Waals surface area contributed by atoms with Crippen molar-refractivity contribution in [1.29, 1.82) is 0 Å². The number of likely N-dealkylation sites (N-methyl/N-ethyl adjacent to an activating group) is 1. The first kappa shape index (κ1) is 19.3. The molecule has 2 aromatic rings. The number of aliphatic hydroxyl groups is 2. The van der Waals surface area contributed by atoms with Crippen molar-refractivity contribution in [3.63, 3.8) is 0 Å². The van der Waals surface area contributed by atoms with Crippen LogP contribution < -0.4 is 0 Å². The Bertz CT molecular complexity index is 720. The number of rotatable bonds is 6. The van der Waals surface area contributed by atoms with E-state index in [2.05, 4.69) is 0 Å². The second kappa shape index (κ2) is 7.67. The van der Waals surface area contributed by atoms with Gasteiger partial charge < -0.3 is 14.9 Å². The summed E-state index contributed by atoms with van der Waals surface area (Å²) in [5, 5.41) is 22.0. The fraction of sp³-hybridized carbons (Fsp3) is 0.429. The van der Waals surface area contributed by atoms with Crippen molar-refractivity contribution in [2.75, 3.05) is 20.2 Å². The van der Waals surface area contributed by atoms with Crippen LogP contribution in [0.5, 0.6) is 0 Å². The highest BCUT2D eigenvalue weighted by molar-refractivity contribution is 6.30. The van der Waals surface area contributed by atoms with Gasteiger partial charge in [0.25, 0.3) is 0 Å². The summed E-state index contributed by atoms with van der Waals surface area (Å²) in [5.74, 6) is -1.91. The topological polar surface area (TPSA) is 52.9 Å². The van der Waals surface area contributed by atoms with Gasteiger partial charge in [-0.2, -0.15) is 0 Å². The molecule has 0 amide bonds. The smallest absolute Gasteiger partial charge is 0.202 e. The Labute approximate surface area is 160 Å². The summed E-state index contributed by atoms with van der Waals surface area (Å²) in [4.78, 5) is 1.98. The Balaban J connectivity index is 1.88. The lowest BCUT2D eigenvalue weighted by Gasteiger charge is -2.38. The maximum absolute atomic E-state index is 10.7. The summed E-state index contributed by atoms with van der Waals surface area (Å²) >= 11 is 6.03. The maximum atomic E-state index is 10.7. The number of hydrogen-bond acceptors (Lipinski definition) is 4. The highest BCUT2D eigenvalue weighted by Gasteiger charge is 2.42. The van der Waals surface area contributed by atoms with Crippen LogP contribution in [0, 0.1) is 0 Å². The fourth-order valence-corrected chi connectivity index (χ4v) is 3.82. The number of benzene rings is 2. The second-order valence-corrected chi connectivity index (χ2v) is 7.65. The molecule has 0 spiro atoms. The standard InChI is InChI=1S/C21H26ClNO3/c1-20(16-7-4-3-5-8-16,17-10-12-18(22)13-11-17)26-15-21(24,25)19-9-6-14-23(19)2/h3-5,7-8,10-13,19,24-25H,6,9,14-15H2,1-2H3/t19?,20-/m0/s1. The van der Waals surface area contributed by atoms with E-state index in [4.69, 9.17) is 16.3 Å². The van der Waals surface area contributed by atoms with Crippen molar-refractivity contribution in [3.8, 4) is 0 Å². The van der Waals surface area contributed by atoms with E-state index in [-0.39, 0.29) is 12.6 Å². The molecule has 2 aromatic carbocycles. The molecule has 5 heteroatoms. The summed E-state index contributed by atoms with van der Waals surface area (Å²) in [5.41, 5.74) is 1.03. The minimum Gasteiger partial charge on any atom is -0.363 e. The quantitative estimate of drug-likeness (QED) is 0.760. The van der Waals surface area contributed by atoms with Gasteiger partial charge in [-0.3, -0.25) is 4.90 Å². The van der Waals surface area contributed by atoms with Crippen LogP contribution in [0.1, 0.15) is 30.9 Å². The average Bonchev–Trinajstić information content (AvgIpc) is 3.08. The zero-order chi connectivity index (χ0) is 18.8. The van der Waals surface area contributed by atoms with Gasteiger partial charge in [0.05, 0.1) is 6.04 Å². The van der Waals surface area contributed by atoms with Crippen LogP contribution in [-0.2, 0) is 10.3 Å². The first-order valence-corrected chi connectivity index (χ1v) is 9.31. The molecule has 26 heavy (non-hydrogen) atoms. The molecular formula is C21H26ClNO3. The van der Waals surface area contributed by atoms with Gasteiger partial charge in [-0.15, -0.1) is 0 Å². The molecule has 0 aromatic heterocycles. The fourth-order valence-electron chi connectivity index (χ4n) is 3.70. The van der Waals surface area contributed by atoms with Crippen LogP contribution in [-0.4, -0.2) is 47.1 Å². The van der Waals surface area contributed by atoms with E-state index in [0.29, 0.717) is 5.02 Å². The SMILES string of the molecule is CN1CCCC1C(O)(O)CO[C@@](C)(c1ccccc1)c1ccc(Cl)cc1. The van der Waals surface area contributed by atoms with Gasteiger partial charge in [-0.1, -0.05) is 54.1 Å². The Morgan fingerprint density at radius 3 is 2.27 bits per heavy atom. The molecule has 3 rings (SSSR count). The largest absolute Gasteiger partial charge is 0.363 e.